The Bertz CT molecular complexity index is 140. The van der Waals surface area contributed by atoms with Crippen molar-refractivity contribution < 1.29 is 0 Å². The Labute approximate surface area is 67.3 Å². The predicted octanol–water partition coefficient (Wildman–Crippen LogP) is 2.42. The molecule has 0 fully saturated rings. The van der Waals surface area contributed by atoms with E-state index in [4.69, 9.17) is 0 Å². The van der Waals surface area contributed by atoms with Crippen LogP contribution in [0.25, 0.3) is 0 Å². The number of hydrogen-bond donors (Lipinski definition) is 0. The molecule has 0 bridgehead atoms. The van der Waals surface area contributed by atoms with Gasteiger partial charge in [0, 0.05) is 18.2 Å². The van der Waals surface area contributed by atoms with E-state index in [-0.39, 0.29) is 0 Å². The largest absolute Gasteiger partial charge is 0.282 e. The molecule has 0 radical (unpaired) electrons. The Morgan fingerprint density at radius 2 is 2.30 bits per heavy atom. The fourth-order valence-electron chi connectivity index (χ4n) is 0.921. The lowest BCUT2D eigenvalue weighted by atomic mass is 10.2. The van der Waals surface area contributed by atoms with Gasteiger partial charge in [-0.05, 0) is 5.92 Å². The second kappa shape index (κ2) is 3.42. The van der Waals surface area contributed by atoms with Gasteiger partial charge in [0.25, 0.3) is 0 Å². The van der Waals surface area contributed by atoms with Gasteiger partial charge in [-0.25, -0.2) is 0 Å². The van der Waals surface area contributed by atoms with Crippen LogP contribution in [-0.2, 0) is 0 Å². The SMILES string of the molecule is CC1CN=C(C(C)C)SC1. The molecule has 0 aromatic carbocycles. The van der Waals surface area contributed by atoms with Gasteiger partial charge >= 0.3 is 0 Å². The van der Waals surface area contributed by atoms with Crippen molar-refractivity contribution >= 4 is 16.8 Å². The van der Waals surface area contributed by atoms with Crippen molar-refractivity contribution in [2.24, 2.45) is 16.8 Å². The second-order valence-electron chi connectivity index (χ2n) is 3.25. The lowest BCUT2D eigenvalue weighted by molar-refractivity contribution is 0.667. The molecule has 1 nitrogen and oxygen atoms in total. The van der Waals surface area contributed by atoms with Gasteiger partial charge in [0.1, 0.15) is 0 Å². The normalized spacial score (nSPS) is 26.8. The molecule has 0 aromatic heterocycles. The number of rotatable bonds is 1. The maximum absolute atomic E-state index is 4.49. The highest BCUT2D eigenvalue weighted by atomic mass is 32.2. The molecule has 1 atom stereocenters. The third-order valence-corrected chi connectivity index (χ3v) is 3.20. The van der Waals surface area contributed by atoms with Crippen LogP contribution in [-0.4, -0.2) is 17.3 Å². The molecule has 0 saturated carbocycles. The van der Waals surface area contributed by atoms with E-state index in [2.05, 4.69) is 25.8 Å². The monoisotopic (exact) mass is 157 g/mol. The Morgan fingerprint density at radius 3 is 2.70 bits per heavy atom. The molecule has 0 aromatic rings. The van der Waals surface area contributed by atoms with Crippen molar-refractivity contribution in [2.75, 3.05) is 12.3 Å². The lowest BCUT2D eigenvalue weighted by Gasteiger charge is -2.18. The van der Waals surface area contributed by atoms with Crippen molar-refractivity contribution in [2.45, 2.75) is 20.8 Å². The Hall–Kier alpha value is 0.0200. The summed E-state index contributed by atoms with van der Waals surface area (Å²) in [5, 5.41) is 1.35. The maximum atomic E-state index is 4.49. The van der Waals surface area contributed by atoms with Crippen molar-refractivity contribution in [1.29, 1.82) is 0 Å². The van der Waals surface area contributed by atoms with E-state index in [1.165, 1.54) is 10.8 Å². The van der Waals surface area contributed by atoms with E-state index in [0.717, 1.165) is 12.5 Å². The van der Waals surface area contributed by atoms with Crippen LogP contribution in [0.15, 0.2) is 4.99 Å². The first-order chi connectivity index (χ1) is 4.70. The van der Waals surface area contributed by atoms with Gasteiger partial charge in [-0.1, -0.05) is 20.8 Å². The smallest absolute Gasteiger partial charge is 0.0701 e. The molecule has 1 heterocycles. The topological polar surface area (TPSA) is 12.4 Å². The summed E-state index contributed by atoms with van der Waals surface area (Å²) < 4.78 is 0. The van der Waals surface area contributed by atoms with Crippen LogP contribution in [0.3, 0.4) is 0 Å². The van der Waals surface area contributed by atoms with Crippen LogP contribution in [0.1, 0.15) is 20.8 Å². The first kappa shape index (κ1) is 8.12. The van der Waals surface area contributed by atoms with Crippen molar-refractivity contribution in [1.82, 2.24) is 0 Å². The molecule has 58 valence electrons. The van der Waals surface area contributed by atoms with Gasteiger partial charge in [-0.15, -0.1) is 11.8 Å². The summed E-state index contributed by atoms with van der Waals surface area (Å²) in [5.74, 6) is 2.68. The summed E-state index contributed by atoms with van der Waals surface area (Å²) >= 11 is 1.93. The zero-order valence-corrected chi connectivity index (χ0v) is 7.74. The molecule has 2 heteroatoms. The van der Waals surface area contributed by atoms with Crippen molar-refractivity contribution in [3.8, 4) is 0 Å². The molecule has 10 heavy (non-hydrogen) atoms. The van der Waals surface area contributed by atoms with Crippen LogP contribution < -0.4 is 0 Å². The zero-order chi connectivity index (χ0) is 7.56. The average Bonchev–Trinajstić information content (AvgIpc) is 1.88. The first-order valence-electron chi connectivity index (χ1n) is 3.87. The minimum Gasteiger partial charge on any atom is -0.282 e. The quantitative estimate of drug-likeness (QED) is 0.569. The molecule has 1 unspecified atom stereocenters. The number of aliphatic imine (C=N–C) groups is 1. The molecular formula is C8H15NS. The van der Waals surface area contributed by atoms with Gasteiger partial charge in [-0.3, -0.25) is 4.99 Å². The van der Waals surface area contributed by atoms with Crippen molar-refractivity contribution in [3.63, 3.8) is 0 Å². The summed E-state index contributed by atoms with van der Waals surface area (Å²) in [5.41, 5.74) is 0. The van der Waals surface area contributed by atoms with Crippen LogP contribution in [0.4, 0.5) is 0 Å². The van der Waals surface area contributed by atoms with Crippen LogP contribution in [0.5, 0.6) is 0 Å². The van der Waals surface area contributed by atoms with Gasteiger partial charge < -0.3 is 0 Å². The summed E-state index contributed by atoms with van der Waals surface area (Å²) in [4.78, 5) is 4.49. The van der Waals surface area contributed by atoms with E-state index in [9.17, 15) is 0 Å². The maximum Gasteiger partial charge on any atom is 0.0701 e. The molecule has 0 amide bonds. The van der Waals surface area contributed by atoms with E-state index >= 15 is 0 Å². The van der Waals surface area contributed by atoms with Crippen LogP contribution in [0, 0.1) is 11.8 Å². The Balaban J connectivity index is 2.48. The number of hydrogen-bond acceptors (Lipinski definition) is 2. The van der Waals surface area contributed by atoms with E-state index in [1.807, 2.05) is 11.8 Å². The summed E-state index contributed by atoms with van der Waals surface area (Å²) in [7, 11) is 0. The van der Waals surface area contributed by atoms with Crippen molar-refractivity contribution in [3.05, 3.63) is 0 Å². The molecule has 0 N–H and O–H groups in total. The highest BCUT2D eigenvalue weighted by molar-refractivity contribution is 8.14. The van der Waals surface area contributed by atoms with Crippen LogP contribution in [0.2, 0.25) is 0 Å². The fourth-order valence-corrected chi connectivity index (χ4v) is 1.98. The Morgan fingerprint density at radius 1 is 1.60 bits per heavy atom. The Kier molecular flexibility index (Phi) is 2.78. The zero-order valence-electron chi connectivity index (χ0n) is 6.92. The van der Waals surface area contributed by atoms with Gasteiger partial charge in [0.05, 0.1) is 5.04 Å². The molecule has 0 aliphatic carbocycles. The predicted molar refractivity (Wildman–Crippen MR) is 48.8 cm³/mol. The molecule has 1 rings (SSSR count). The molecule has 1 aliphatic heterocycles. The lowest BCUT2D eigenvalue weighted by Crippen LogP contribution is -2.16. The first-order valence-corrected chi connectivity index (χ1v) is 4.86. The van der Waals surface area contributed by atoms with Gasteiger partial charge in [0.2, 0.25) is 0 Å². The summed E-state index contributed by atoms with van der Waals surface area (Å²) in [6.07, 6.45) is 0. The highest BCUT2D eigenvalue weighted by Gasteiger charge is 2.13. The molecular weight excluding hydrogens is 142 g/mol. The van der Waals surface area contributed by atoms with Gasteiger partial charge in [-0.2, -0.15) is 0 Å². The molecule has 0 saturated heterocycles. The standard InChI is InChI=1S/C8H15NS/c1-6(2)8-9-4-7(3)5-10-8/h6-7H,4-5H2,1-3H3. The van der Waals surface area contributed by atoms with E-state index in [0.29, 0.717) is 5.92 Å². The van der Waals surface area contributed by atoms with E-state index < -0.39 is 0 Å². The minimum absolute atomic E-state index is 0.637. The summed E-state index contributed by atoms with van der Waals surface area (Å²) in [6, 6.07) is 0. The number of nitrogens with zero attached hydrogens (tertiary/aromatic N) is 1. The van der Waals surface area contributed by atoms with E-state index in [1.54, 1.807) is 0 Å². The van der Waals surface area contributed by atoms with Gasteiger partial charge in [0.15, 0.2) is 0 Å². The fraction of sp³-hybridized carbons (Fsp3) is 0.875. The third-order valence-electron chi connectivity index (χ3n) is 1.57. The molecule has 1 aliphatic rings. The summed E-state index contributed by atoms with van der Waals surface area (Å²) in [6.45, 7) is 7.72. The number of thioether (sulfide) groups is 1. The third kappa shape index (κ3) is 2.01. The van der Waals surface area contributed by atoms with Crippen LogP contribution >= 0.6 is 11.8 Å². The minimum atomic E-state index is 0.637. The highest BCUT2D eigenvalue weighted by Crippen LogP contribution is 2.21. The second-order valence-corrected chi connectivity index (χ2v) is 4.29. The average molecular weight is 157 g/mol. The molecule has 0 spiro atoms.